The average molecular weight is 715 g/mol. The fraction of sp³-hybridized carbons (Fsp3) is 0. The van der Waals surface area contributed by atoms with Crippen LogP contribution >= 0.6 is 0 Å². The van der Waals surface area contributed by atoms with Gasteiger partial charge in [-0.05, 0) is 36.4 Å². The zero-order valence-corrected chi connectivity index (χ0v) is 26.8. The number of phenols is 2. The lowest BCUT2D eigenvalue weighted by atomic mass is 9.95. The fourth-order valence-electron chi connectivity index (χ4n) is 4.64. The van der Waals surface area contributed by atoms with Gasteiger partial charge in [0.2, 0.25) is 0 Å². The van der Waals surface area contributed by atoms with Gasteiger partial charge in [0.15, 0.2) is 5.78 Å². The van der Waals surface area contributed by atoms with Crippen LogP contribution in [-0.2, 0) is 20.2 Å². The number of carbonyl (C=O) groups excluding carboxylic acids is 3. The number of nitrogens with zero attached hydrogens (tertiary/aromatic N) is 4. The van der Waals surface area contributed by atoms with Crippen molar-refractivity contribution in [2.75, 3.05) is 0 Å². The van der Waals surface area contributed by atoms with E-state index in [0.717, 1.165) is 6.07 Å². The number of rotatable bonds is 4. The summed E-state index contributed by atoms with van der Waals surface area (Å²) in [4.78, 5) is 40.2. The zero-order chi connectivity index (χ0) is 36.8. The second-order valence-corrected chi connectivity index (χ2v) is 12.9. The maximum atomic E-state index is 11.9. The molecule has 0 heterocycles. The van der Waals surface area contributed by atoms with Crippen LogP contribution in [0.1, 0.15) is 47.8 Å². The van der Waals surface area contributed by atoms with Gasteiger partial charge in [0.1, 0.15) is 21.3 Å². The molecule has 4 aromatic rings. The van der Waals surface area contributed by atoms with E-state index in [2.05, 4.69) is 9.58 Å². The monoisotopic (exact) mass is 714 g/mol. The molecule has 0 atom stereocenters. The van der Waals surface area contributed by atoms with Crippen molar-refractivity contribution in [3.8, 4) is 11.5 Å². The molecule has 0 spiro atoms. The molecule has 2 aliphatic carbocycles. The third kappa shape index (κ3) is 7.98. The minimum Gasteiger partial charge on any atom is -0.508 e. The van der Waals surface area contributed by atoms with Crippen molar-refractivity contribution >= 4 is 61.2 Å². The third-order valence-electron chi connectivity index (χ3n) is 6.94. The largest absolute Gasteiger partial charge is 0.508 e. The summed E-state index contributed by atoms with van der Waals surface area (Å²) in [6.45, 7) is 0. The van der Waals surface area contributed by atoms with Gasteiger partial charge in [-0.25, -0.2) is 0 Å². The molecular formula is C33H22N4O11S2. The number of ketones is 3. The predicted octanol–water partition coefficient (Wildman–Crippen LogP) is 3.96. The number of fused-ring (bicyclic) bond motifs is 2. The SMILES string of the molecule is O=C(c1ccccc1)c1ccc(O)cc1O.[N-]=[N+]=C1C=Cc2c(cccc2S(=O)(=O)O)C1=O.[N-]=[N+]=C1C=Cc2c(cccc2S(=O)(=O)O)C1=O. The fourth-order valence-corrected chi connectivity index (χ4v) is 6.06. The molecule has 0 fully saturated rings. The maximum absolute atomic E-state index is 11.9. The van der Waals surface area contributed by atoms with Crippen molar-refractivity contribution < 1.29 is 60.1 Å². The predicted molar refractivity (Wildman–Crippen MR) is 176 cm³/mol. The second-order valence-electron chi connectivity index (χ2n) is 10.1. The lowest BCUT2D eigenvalue weighted by Crippen LogP contribution is -2.19. The van der Waals surface area contributed by atoms with Gasteiger partial charge in [0.05, 0.1) is 5.56 Å². The number of aromatic hydroxyl groups is 2. The molecule has 0 amide bonds. The lowest BCUT2D eigenvalue weighted by Gasteiger charge is -2.09. The Labute approximate surface area is 283 Å². The van der Waals surface area contributed by atoms with Crippen molar-refractivity contribution in [1.29, 1.82) is 0 Å². The van der Waals surface area contributed by atoms with Gasteiger partial charge < -0.3 is 21.3 Å². The summed E-state index contributed by atoms with van der Waals surface area (Å²) in [5.74, 6) is -1.75. The number of benzene rings is 4. The Morgan fingerprint density at radius 3 is 1.46 bits per heavy atom. The van der Waals surface area contributed by atoms with Crippen LogP contribution in [0, 0.1) is 0 Å². The van der Waals surface area contributed by atoms with E-state index in [-0.39, 0.29) is 66.3 Å². The number of hydrogen-bond acceptors (Lipinski definition) is 9. The summed E-state index contributed by atoms with van der Waals surface area (Å²) >= 11 is 0. The highest BCUT2D eigenvalue weighted by atomic mass is 32.2. The van der Waals surface area contributed by atoms with Gasteiger partial charge >= 0.3 is 11.4 Å². The normalized spacial score (nSPS) is 13.0. The molecule has 0 unspecified atom stereocenters. The highest BCUT2D eigenvalue weighted by Crippen LogP contribution is 2.27. The first-order chi connectivity index (χ1) is 23.6. The molecule has 2 aliphatic rings. The molecule has 0 radical (unpaired) electrons. The Morgan fingerprint density at radius 1 is 0.600 bits per heavy atom. The number of phenolic OH excluding ortho intramolecular Hbond substituents is 2. The summed E-state index contributed by atoms with van der Waals surface area (Å²) < 4.78 is 62.4. The molecule has 0 aromatic heterocycles. The van der Waals surface area contributed by atoms with Gasteiger partial charge in [-0.1, -0.05) is 54.6 Å². The molecule has 252 valence electrons. The van der Waals surface area contributed by atoms with Crippen LogP contribution in [0.25, 0.3) is 23.2 Å². The van der Waals surface area contributed by atoms with Crippen LogP contribution < -0.4 is 0 Å². The number of Topliss-reactive ketones (excluding diaryl/α,β-unsaturated/α-hetero) is 2. The standard InChI is InChI=1S/C13H10O3.2C10H6N2O4S/c14-10-6-7-11(12(15)8-10)13(16)9-4-2-1-3-5-9;2*11-12-8-5-4-6-7(10(8)13)2-1-3-9(6)17(14,15)16/h1-8,14-15H;2*1-5H,(H,14,15,16). The highest BCUT2D eigenvalue weighted by Gasteiger charge is 2.30. The molecular weight excluding hydrogens is 693 g/mol. The van der Waals surface area contributed by atoms with E-state index in [1.807, 2.05) is 6.07 Å². The highest BCUT2D eigenvalue weighted by molar-refractivity contribution is 7.86. The van der Waals surface area contributed by atoms with Crippen LogP contribution in [0.2, 0.25) is 0 Å². The van der Waals surface area contributed by atoms with Crippen LogP contribution in [0.4, 0.5) is 0 Å². The van der Waals surface area contributed by atoms with Gasteiger partial charge in [-0.3, -0.25) is 23.5 Å². The molecule has 15 nitrogen and oxygen atoms in total. The number of allylic oxidation sites excluding steroid dienone is 2. The van der Waals surface area contributed by atoms with Crippen molar-refractivity contribution in [3.05, 3.63) is 142 Å². The van der Waals surface area contributed by atoms with E-state index in [4.69, 9.17) is 25.3 Å². The molecule has 0 saturated carbocycles. The van der Waals surface area contributed by atoms with Gasteiger partial charge in [-0.15, -0.1) is 0 Å². The molecule has 0 aliphatic heterocycles. The molecule has 0 bridgehead atoms. The molecule has 50 heavy (non-hydrogen) atoms. The van der Waals surface area contributed by atoms with Crippen LogP contribution in [0.3, 0.4) is 0 Å². The lowest BCUT2D eigenvalue weighted by molar-refractivity contribution is -0.00459. The molecule has 17 heteroatoms. The van der Waals surface area contributed by atoms with E-state index in [1.54, 1.807) is 24.3 Å². The second kappa shape index (κ2) is 14.8. The molecule has 4 N–H and O–H groups in total. The van der Waals surface area contributed by atoms with E-state index in [1.165, 1.54) is 72.8 Å². The smallest absolute Gasteiger partial charge is 0.362 e. The first-order valence-electron chi connectivity index (χ1n) is 13.8. The quantitative estimate of drug-likeness (QED) is 0.102. The van der Waals surface area contributed by atoms with Crippen molar-refractivity contribution in [1.82, 2.24) is 0 Å². The summed E-state index contributed by atoms with van der Waals surface area (Å²) in [7, 11) is -8.80. The van der Waals surface area contributed by atoms with E-state index >= 15 is 0 Å². The summed E-state index contributed by atoms with van der Waals surface area (Å²) in [5.41, 5.74) is 17.7. The van der Waals surface area contributed by atoms with Crippen molar-refractivity contribution in [2.45, 2.75) is 9.79 Å². The van der Waals surface area contributed by atoms with E-state index < -0.39 is 31.8 Å². The molecule has 0 saturated heterocycles. The molecule has 6 rings (SSSR count). The van der Waals surface area contributed by atoms with E-state index in [0.29, 0.717) is 5.56 Å². The topological polar surface area (TPSA) is 273 Å². The molecule has 4 aromatic carbocycles. The Hall–Kier alpha value is -6.45. The average Bonchev–Trinajstić information content (AvgIpc) is 3.08. The van der Waals surface area contributed by atoms with Gasteiger partial charge in [0.25, 0.3) is 31.8 Å². The third-order valence-corrected chi connectivity index (χ3v) is 8.76. The first kappa shape index (κ1) is 36.4. The van der Waals surface area contributed by atoms with Crippen LogP contribution in [0.5, 0.6) is 11.5 Å². The van der Waals surface area contributed by atoms with Crippen LogP contribution in [-0.4, -0.2) is 74.5 Å². The van der Waals surface area contributed by atoms with E-state index in [9.17, 15) is 36.3 Å². The maximum Gasteiger partial charge on any atom is 0.362 e. The Morgan fingerprint density at radius 2 is 1.06 bits per heavy atom. The Balaban J connectivity index is 0.000000169. The number of hydrogen-bond donors (Lipinski definition) is 4. The summed E-state index contributed by atoms with van der Waals surface area (Å²) in [5, 5.41) is 18.7. The Bertz CT molecular complexity index is 2340. The van der Waals surface area contributed by atoms with Crippen LogP contribution in [0.15, 0.2) is 107 Å². The van der Waals surface area contributed by atoms with Gasteiger partial charge in [0, 0.05) is 46.0 Å². The number of carbonyl (C=O) groups is 3. The zero-order valence-electron chi connectivity index (χ0n) is 25.1. The van der Waals surface area contributed by atoms with Crippen molar-refractivity contribution in [3.63, 3.8) is 0 Å². The summed E-state index contributed by atoms with van der Waals surface area (Å²) in [6.07, 6.45) is 4.96. The minimum absolute atomic E-state index is 0.0652. The van der Waals surface area contributed by atoms with Gasteiger partial charge in [-0.2, -0.15) is 26.4 Å². The first-order valence-corrected chi connectivity index (χ1v) is 16.7. The van der Waals surface area contributed by atoms with Crippen molar-refractivity contribution in [2.24, 2.45) is 0 Å². The summed E-state index contributed by atoms with van der Waals surface area (Å²) in [6, 6.07) is 20.4. The Kier molecular flexibility index (Phi) is 10.7. The minimum atomic E-state index is -4.40.